The predicted octanol–water partition coefficient (Wildman–Crippen LogP) is 2.38. The van der Waals surface area contributed by atoms with Crippen LogP contribution in [0.3, 0.4) is 0 Å². The maximum Gasteiger partial charge on any atom is 0.337 e. The summed E-state index contributed by atoms with van der Waals surface area (Å²) in [7, 11) is 0. The first-order chi connectivity index (χ1) is 9.18. The summed E-state index contributed by atoms with van der Waals surface area (Å²) in [6.07, 6.45) is -1.58. The van der Waals surface area contributed by atoms with Gasteiger partial charge in [0.1, 0.15) is 12.4 Å². The van der Waals surface area contributed by atoms with Crippen molar-refractivity contribution in [3.63, 3.8) is 0 Å². The quantitative estimate of drug-likeness (QED) is 0.864. The van der Waals surface area contributed by atoms with E-state index < -0.39 is 12.1 Å². The van der Waals surface area contributed by atoms with Crippen LogP contribution in [-0.4, -0.2) is 16.2 Å². The molecule has 0 bridgehead atoms. The van der Waals surface area contributed by atoms with Crippen LogP contribution in [-0.2, 0) is 11.4 Å². The van der Waals surface area contributed by atoms with Crippen LogP contribution in [0.25, 0.3) is 0 Å². The van der Waals surface area contributed by atoms with Gasteiger partial charge in [-0.05, 0) is 11.6 Å². The highest BCUT2D eigenvalue weighted by Crippen LogP contribution is 2.25. The summed E-state index contributed by atoms with van der Waals surface area (Å²) in [4.78, 5) is 10.8. The molecule has 0 spiro atoms. The van der Waals surface area contributed by atoms with Gasteiger partial charge >= 0.3 is 5.97 Å². The lowest BCUT2D eigenvalue weighted by atomic mass is 10.1. The van der Waals surface area contributed by atoms with Gasteiger partial charge in [-0.3, -0.25) is 0 Å². The number of rotatable bonds is 5. The highest BCUT2D eigenvalue weighted by molar-refractivity contribution is 5.75. The van der Waals surface area contributed by atoms with Crippen molar-refractivity contribution in [3.8, 4) is 5.75 Å². The molecule has 2 aromatic rings. The third-order valence-corrected chi connectivity index (χ3v) is 2.68. The topological polar surface area (TPSA) is 66.8 Å². The van der Waals surface area contributed by atoms with Gasteiger partial charge in [0, 0.05) is 5.56 Å². The Labute approximate surface area is 110 Å². The largest absolute Gasteiger partial charge is 0.489 e. The van der Waals surface area contributed by atoms with Gasteiger partial charge in [0.15, 0.2) is 6.10 Å². The summed E-state index contributed by atoms with van der Waals surface area (Å²) >= 11 is 0. The van der Waals surface area contributed by atoms with E-state index in [0.717, 1.165) is 5.56 Å². The molecule has 0 aliphatic carbocycles. The molecule has 1 atom stereocenters. The smallest absolute Gasteiger partial charge is 0.337 e. The summed E-state index contributed by atoms with van der Waals surface area (Å²) in [5, 5.41) is 18.4. The molecule has 19 heavy (non-hydrogen) atoms. The molecule has 4 heteroatoms. The molecule has 4 nitrogen and oxygen atoms in total. The van der Waals surface area contributed by atoms with Crippen molar-refractivity contribution >= 4 is 5.97 Å². The minimum absolute atomic E-state index is 0.255. The number of carbonyl (C=O) groups is 1. The zero-order valence-electron chi connectivity index (χ0n) is 10.2. The van der Waals surface area contributed by atoms with Crippen LogP contribution in [0.4, 0.5) is 0 Å². The molecular formula is C15H14O4. The number of hydrogen-bond acceptors (Lipinski definition) is 3. The molecule has 0 unspecified atom stereocenters. The zero-order valence-corrected chi connectivity index (χ0v) is 10.2. The summed E-state index contributed by atoms with van der Waals surface area (Å²) in [5.41, 5.74) is 1.23. The molecule has 0 aliphatic rings. The Bertz CT molecular complexity index is 551. The SMILES string of the molecule is O=C(O)[C@@H](O)c1ccccc1OCc1ccccc1. The first-order valence-corrected chi connectivity index (χ1v) is 5.85. The molecule has 2 rings (SSSR count). The summed E-state index contributed by atoms with van der Waals surface area (Å²) < 4.78 is 5.57. The Morgan fingerprint density at radius 2 is 1.68 bits per heavy atom. The molecule has 0 fully saturated rings. The van der Waals surface area contributed by atoms with Crippen LogP contribution < -0.4 is 4.74 Å². The van der Waals surface area contributed by atoms with Gasteiger partial charge in [0.25, 0.3) is 0 Å². The van der Waals surface area contributed by atoms with E-state index in [-0.39, 0.29) is 5.56 Å². The Balaban J connectivity index is 2.14. The maximum absolute atomic E-state index is 10.8. The average Bonchev–Trinajstić information content (AvgIpc) is 2.45. The Morgan fingerprint density at radius 1 is 1.05 bits per heavy atom. The minimum Gasteiger partial charge on any atom is -0.489 e. The van der Waals surface area contributed by atoms with E-state index in [0.29, 0.717) is 12.4 Å². The van der Waals surface area contributed by atoms with Gasteiger partial charge in [0.2, 0.25) is 0 Å². The van der Waals surface area contributed by atoms with E-state index in [2.05, 4.69) is 0 Å². The first-order valence-electron chi connectivity index (χ1n) is 5.85. The molecule has 0 aromatic heterocycles. The summed E-state index contributed by atoms with van der Waals surface area (Å²) in [6, 6.07) is 16.1. The van der Waals surface area contributed by atoms with Crippen LogP contribution in [0.1, 0.15) is 17.2 Å². The molecule has 0 radical (unpaired) electrons. The van der Waals surface area contributed by atoms with Gasteiger partial charge in [-0.1, -0.05) is 48.5 Å². The molecule has 0 saturated carbocycles. The van der Waals surface area contributed by atoms with Crippen LogP contribution >= 0.6 is 0 Å². The fourth-order valence-electron chi connectivity index (χ4n) is 1.71. The molecule has 2 N–H and O–H groups in total. The zero-order chi connectivity index (χ0) is 13.7. The highest BCUT2D eigenvalue weighted by Gasteiger charge is 2.19. The molecule has 0 aliphatic heterocycles. The van der Waals surface area contributed by atoms with E-state index in [1.165, 1.54) is 0 Å². The molecule has 98 valence electrons. The van der Waals surface area contributed by atoms with Crippen molar-refractivity contribution in [2.75, 3.05) is 0 Å². The fourth-order valence-corrected chi connectivity index (χ4v) is 1.71. The van der Waals surface area contributed by atoms with Gasteiger partial charge in [0.05, 0.1) is 0 Å². The summed E-state index contributed by atoms with van der Waals surface area (Å²) in [5.74, 6) is -0.919. The van der Waals surface area contributed by atoms with Crippen LogP contribution in [0.15, 0.2) is 54.6 Å². The van der Waals surface area contributed by atoms with Crippen LogP contribution in [0.2, 0.25) is 0 Å². The van der Waals surface area contributed by atoms with Gasteiger partial charge in [-0.15, -0.1) is 0 Å². The molecule has 0 saturated heterocycles. The van der Waals surface area contributed by atoms with Crippen molar-refractivity contribution in [2.45, 2.75) is 12.7 Å². The van der Waals surface area contributed by atoms with Gasteiger partial charge in [-0.2, -0.15) is 0 Å². The number of hydrogen-bond donors (Lipinski definition) is 2. The number of aliphatic carboxylic acids is 1. The lowest BCUT2D eigenvalue weighted by Crippen LogP contribution is -2.12. The van der Waals surface area contributed by atoms with Crippen molar-refractivity contribution < 1.29 is 19.7 Å². The molecule has 2 aromatic carbocycles. The van der Waals surface area contributed by atoms with Crippen molar-refractivity contribution in [1.29, 1.82) is 0 Å². The third-order valence-electron chi connectivity index (χ3n) is 2.68. The molecule has 0 heterocycles. The lowest BCUT2D eigenvalue weighted by molar-refractivity contribution is -0.147. The van der Waals surface area contributed by atoms with Crippen molar-refractivity contribution in [1.82, 2.24) is 0 Å². The van der Waals surface area contributed by atoms with Crippen molar-refractivity contribution in [3.05, 3.63) is 65.7 Å². The van der Waals surface area contributed by atoms with E-state index in [4.69, 9.17) is 9.84 Å². The normalized spacial score (nSPS) is 11.8. The standard InChI is InChI=1S/C15H14O4/c16-14(15(17)18)12-8-4-5-9-13(12)19-10-11-6-2-1-3-7-11/h1-9,14,16H,10H2,(H,17,18)/t14-/m0/s1. The predicted molar refractivity (Wildman–Crippen MR) is 69.8 cm³/mol. The molecule has 0 amide bonds. The van der Waals surface area contributed by atoms with E-state index in [1.807, 2.05) is 30.3 Å². The maximum atomic E-state index is 10.8. The second-order valence-corrected chi connectivity index (χ2v) is 4.05. The Hall–Kier alpha value is -2.33. The second kappa shape index (κ2) is 6.02. The minimum atomic E-state index is -1.58. The average molecular weight is 258 g/mol. The summed E-state index contributed by atoms with van der Waals surface area (Å²) in [6.45, 7) is 0.324. The fraction of sp³-hybridized carbons (Fsp3) is 0.133. The number of carboxylic acids is 1. The van der Waals surface area contributed by atoms with E-state index in [1.54, 1.807) is 24.3 Å². The van der Waals surface area contributed by atoms with Gasteiger partial charge in [-0.25, -0.2) is 4.79 Å². The second-order valence-electron chi connectivity index (χ2n) is 4.05. The lowest BCUT2D eigenvalue weighted by Gasteiger charge is -2.13. The van der Waals surface area contributed by atoms with E-state index in [9.17, 15) is 9.90 Å². The Morgan fingerprint density at radius 3 is 2.37 bits per heavy atom. The molecular weight excluding hydrogens is 244 g/mol. The number of carboxylic acid groups (broad SMARTS) is 1. The Kier molecular flexibility index (Phi) is 4.15. The van der Waals surface area contributed by atoms with Crippen molar-refractivity contribution in [2.24, 2.45) is 0 Å². The first kappa shape index (κ1) is 13.1. The van der Waals surface area contributed by atoms with Crippen LogP contribution in [0.5, 0.6) is 5.75 Å². The number of benzene rings is 2. The monoisotopic (exact) mass is 258 g/mol. The third kappa shape index (κ3) is 3.33. The van der Waals surface area contributed by atoms with Crippen LogP contribution in [0, 0.1) is 0 Å². The number of aliphatic hydroxyl groups excluding tert-OH is 1. The van der Waals surface area contributed by atoms with E-state index >= 15 is 0 Å². The number of aliphatic hydroxyl groups is 1. The van der Waals surface area contributed by atoms with Gasteiger partial charge < -0.3 is 14.9 Å². The number of ether oxygens (including phenoxy) is 1. The highest BCUT2D eigenvalue weighted by atomic mass is 16.5. The number of para-hydroxylation sites is 1.